The fourth-order valence-corrected chi connectivity index (χ4v) is 4.41. The zero-order chi connectivity index (χ0) is 22.3. The van der Waals surface area contributed by atoms with E-state index in [4.69, 9.17) is 11.6 Å². The van der Waals surface area contributed by atoms with Gasteiger partial charge in [-0.15, -0.1) is 11.8 Å². The SMILES string of the molecule is O=C(CSc1ccccc1)Nc1ccc(N2CCN(C(=O)c3ccc(Cl)cc3)CC2)cc1. The first kappa shape index (κ1) is 22.2. The van der Waals surface area contributed by atoms with E-state index in [1.54, 1.807) is 24.3 Å². The van der Waals surface area contributed by atoms with Gasteiger partial charge >= 0.3 is 0 Å². The number of hydrogen-bond donors (Lipinski definition) is 1. The van der Waals surface area contributed by atoms with Crippen molar-refractivity contribution in [2.75, 3.05) is 42.1 Å². The first-order valence-corrected chi connectivity index (χ1v) is 11.8. The Hall–Kier alpha value is -2.96. The molecule has 2 amide bonds. The normalized spacial score (nSPS) is 13.7. The predicted octanol–water partition coefficient (Wildman–Crippen LogP) is 5.03. The molecule has 1 aliphatic rings. The van der Waals surface area contributed by atoms with E-state index < -0.39 is 0 Å². The van der Waals surface area contributed by atoms with Gasteiger partial charge in [-0.05, 0) is 60.7 Å². The highest BCUT2D eigenvalue weighted by Gasteiger charge is 2.22. The second-order valence-corrected chi connectivity index (χ2v) is 8.97. The fourth-order valence-electron chi connectivity index (χ4n) is 3.56. The molecule has 0 aromatic heterocycles. The lowest BCUT2D eigenvalue weighted by atomic mass is 10.1. The first-order valence-electron chi connectivity index (χ1n) is 10.5. The summed E-state index contributed by atoms with van der Waals surface area (Å²) in [4.78, 5) is 30.1. The van der Waals surface area contributed by atoms with Crippen molar-refractivity contribution in [1.82, 2.24) is 4.90 Å². The second kappa shape index (κ2) is 10.6. The molecule has 0 atom stereocenters. The van der Waals surface area contributed by atoms with Gasteiger partial charge in [0.25, 0.3) is 5.91 Å². The number of nitrogens with zero attached hydrogens (tertiary/aromatic N) is 2. The Morgan fingerprint density at radius 1 is 0.844 bits per heavy atom. The first-order chi connectivity index (χ1) is 15.6. The molecule has 4 rings (SSSR count). The Morgan fingerprint density at radius 2 is 1.50 bits per heavy atom. The van der Waals surface area contributed by atoms with E-state index in [1.165, 1.54) is 11.8 Å². The van der Waals surface area contributed by atoms with Crippen molar-refractivity contribution in [1.29, 1.82) is 0 Å². The number of hydrogen-bond acceptors (Lipinski definition) is 4. The van der Waals surface area contributed by atoms with Gasteiger partial charge in [-0.3, -0.25) is 9.59 Å². The van der Waals surface area contributed by atoms with Crippen molar-refractivity contribution < 1.29 is 9.59 Å². The highest BCUT2D eigenvalue weighted by Crippen LogP contribution is 2.22. The van der Waals surface area contributed by atoms with E-state index in [0.717, 1.165) is 29.4 Å². The van der Waals surface area contributed by atoms with Crippen molar-refractivity contribution in [2.45, 2.75) is 4.90 Å². The van der Waals surface area contributed by atoms with Crippen LogP contribution in [0.15, 0.2) is 83.8 Å². The Bertz CT molecular complexity index is 1050. The zero-order valence-electron chi connectivity index (χ0n) is 17.5. The third-order valence-electron chi connectivity index (χ3n) is 5.29. The molecule has 0 saturated carbocycles. The van der Waals surface area contributed by atoms with Crippen LogP contribution in [0.1, 0.15) is 10.4 Å². The van der Waals surface area contributed by atoms with Gasteiger partial charge in [-0.2, -0.15) is 0 Å². The van der Waals surface area contributed by atoms with Gasteiger partial charge in [0, 0.05) is 53.0 Å². The summed E-state index contributed by atoms with van der Waals surface area (Å²) in [6, 6.07) is 24.8. The van der Waals surface area contributed by atoms with E-state index in [-0.39, 0.29) is 11.8 Å². The lowest BCUT2D eigenvalue weighted by Gasteiger charge is -2.36. The summed E-state index contributed by atoms with van der Waals surface area (Å²) in [7, 11) is 0. The van der Waals surface area contributed by atoms with Gasteiger partial charge in [0.2, 0.25) is 5.91 Å². The van der Waals surface area contributed by atoms with E-state index in [9.17, 15) is 9.59 Å². The molecule has 0 spiro atoms. The standard InChI is InChI=1S/C25H24ClN3O2S/c26-20-8-6-19(7-9-20)25(31)29-16-14-28(15-17-29)22-12-10-21(11-13-22)27-24(30)18-32-23-4-2-1-3-5-23/h1-13H,14-18H2,(H,27,30). The highest BCUT2D eigenvalue weighted by molar-refractivity contribution is 8.00. The zero-order valence-corrected chi connectivity index (χ0v) is 19.1. The van der Waals surface area contributed by atoms with Crippen LogP contribution in [0, 0.1) is 0 Å². The summed E-state index contributed by atoms with van der Waals surface area (Å²) in [5, 5.41) is 3.57. The van der Waals surface area contributed by atoms with E-state index >= 15 is 0 Å². The maximum absolute atomic E-state index is 12.7. The molecule has 32 heavy (non-hydrogen) atoms. The predicted molar refractivity (Wildman–Crippen MR) is 132 cm³/mol. The monoisotopic (exact) mass is 465 g/mol. The number of piperazine rings is 1. The van der Waals surface area contributed by atoms with Crippen molar-refractivity contribution in [2.24, 2.45) is 0 Å². The van der Waals surface area contributed by atoms with Gasteiger partial charge in [0.15, 0.2) is 0 Å². The van der Waals surface area contributed by atoms with Crippen LogP contribution in [0.3, 0.4) is 0 Å². The molecule has 0 unspecified atom stereocenters. The molecule has 1 saturated heterocycles. The topological polar surface area (TPSA) is 52.7 Å². The number of amides is 2. The summed E-state index contributed by atoms with van der Waals surface area (Å²) in [5.41, 5.74) is 2.53. The molecule has 3 aromatic carbocycles. The van der Waals surface area contributed by atoms with Gasteiger partial charge in [-0.25, -0.2) is 0 Å². The maximum atomic E-state index is 12.7. The smallest absolute Gasteiger partial charge is 0.253 e. The summed E-state index contributed by atoms with van der Waals surface area (Å²) in [6.45, 7) is 2.85. The molecule has 5 nitrogen and oxygen atoms in total. The van der Waals surface area contributed by atoms with Crippen molar-refractivity contribution >= 4 is 46.6 Å². The third kappa shape index (κ3) is 5.84. The highest BCUT2D eigenvalue weighted by atomic mass is 35.5. The fraction of sp³-hybridized carbons (Fsp3) is 0.200. The molecule has 0 radical (unpaired) electrons. The minimum Gasteiger partial charge on any atom is -0.368 e. The van der Waals surface area contributed by atoms with Crippen LogP contribution in [0.4, 0.5) is 11.4 Å². The quantitative estimate of drug-likeness (QED) is 0.518. The number of halogens is 1. The van der Waals surface area contributed by atoms with E-state index in [1.807, 2.05) is 59.5 Å². The van der Waals surface area contributed by atoms with Crippen LogP contribution in [0.25, 0.3) is 0 Å². The van der Waals surface area contributed by atoms with Crippen molar-refractivity contribution in [3.8, 4) is 0 Å². The largest absolute Gasteiger partial charge is 0.368 e. The van der Waals surface area contributed by atoms with Crippen LogP contribution in [-0.2, 0) is 4.79 Å². The molecule has 1 N–H and O–H groups in total. The number of thioether (sulfide) groups is 1. The molecule has 164 valence electrons. The number of carbonyl (C=O) groups is 2. The average molecular weight is 466 g/mol. The molecule has 1 heterocycles. The van der Waals surface area contributed by atoms with E-state index in [0.29, 0.717) is 29.4 Å². The number of rotatable bonds is 6. The number of anilines is 2. The van der Waals surface area contributed by atoms with E-state index in [2.05, 4.69) is 10.2 Å². The minimum absolute atomic E-state index is 0.0269. The lowest BCUT2D eigenvalue weighted by Crippen LogP contribution is -2.48. The van der Waals surface area contributed by atoms with Crippen LogP contribution < -0.4 is 10.2 Å². The molecular weight excluding hydrogens is 442 g/mol. The molecule has 3 aromatic rings. The lowest BCUT2D eigenvalue weighted by molar-refractivity contribution is -0.113. The average Bonchev–Trinajstić information content (AvgIpc) is 2.84. The number of benzene rings is 3. The molecule has 1 fully saturated rings. The van der Waals surface area contributed by atoms with Gasteiger partial charge in [0.05, 0.1) is 5.75 Å². The minimum atomic E-state index is -0.0269. The van der Waals surface area contributed by atoms with Gasteiger partial charge in [0.1, 0.15) is 0 Å². The Morgan fingerprint density at radius 3 is 2.16 bits per heavy atom. The van der Waals surface area contributed by atoms with Crippen molar-refractivity contribution in [3.63, 3.8) is 0 Å². The molecule has 0 bridgehead atoms. The molecule has 1 aliphatic heterocycles. The summed E-state index contributed by atoms with van der Waals surface area (Å²) < 4.78 is 0. The van der Waals surface area contributed by atoms with Crippen molar-refractivity contribution in [3.05, 3.63) is 89.4 Å². The second-order valence-electron chi connectivity index (χ2n) is 7.48. The third-order valence-corrected chi connectivity index (χ3v) is 6.55. The van der Waals surface area contributed by atoms with Gasteiger partial charge in [-0.1, -0.05) is 29.8 Å². The van der Waals surface area contributed by atoms with Crippen LogP contribution in [0.5, 0.6) is 0 Å². The molecular formula is C25H24ClN3O2S. The number of carbonyl (C=O) groups excluding carboxylic acids is 2. The Balaban J connectivity index is 1.26. The summed E-state index contributed by atoms with van der Waals surface area (Å²) in [5.74, 6) is 0.378. The Labute approximate surface area is 197 Å². The molecule has 7 heteroatoms. The molecule has 0 aliphatic carbocycles. The Kier molecular flexibility index (Phi) is 7.35. The number of nitrogens with one attached hydrogen (secondary N) is 1. The summed E-state index contributed by atoms with van der Waals surface area (Å²) >= 11 is 7.43. The van der Waals surface area contributed by atoms with Crippen LogP contribution >= 0.6 is 23.4 Å². The van der Waals surface area contributed by atoms with Crippen LogP contribution in [0.2, 0.25) is 5.02 Å². The van der Waals surface area contributed by atoms with Gasteiger partial charge < -0.3 is 15.1 Å². The summed E-state index contributed by atoms with van der Waals surface area (Å²) in [6.07, 6.45) is 0. The maximum Gasteiger partial charge on any atom is 0.253 e. The van der Waals surface area contributed by atoms with Crippen LogP contribution in [-0.4, -0.2) is 48.6 Å².